The number of aromatic nitrogens is 1. The number of H-pyrrole nitrogens is 1. The predicted molar refractivity (Wildman–Crippen MR) is 93.6 cm³/mol. The summed E-state index contributed by atoms with van der Waals surface area (Å²) in [6.07, 6.45) is 0. The quantitative estimate of drug-likeness (QED) is 0.495. The van der Waals surface area contributed by atoms with Crippen LogP contribution in [0.2, 0.25) is 0 Å². The van der Waals surface area contributed by atoms with Crippen LogP contribution in [0.5, 0.6) is 0 Å². The summed E-state index contributed by atoms with van der Waals surface area (Å²) in [4.78, 5) is 3.56. The summed E-state index contributed by atoms with van der Waals surface area (Å²) in [7, 11) is 0. The Morgan fingerprint density at radius 1 is 0.636 bits per heavy atom. The number of aromatic amines is 1. The van der Waals surface area contributed by atoms with Gasteiger partial charge in [0, 0.05) is 22.2 Å². The molecule has 0 aliphatic carbocycles. The van der Waals surface area contributed by atoms with Gasteiger partial charge in [-0.25, -0.2) is 0 Å². The molecule has 0 aliphatic heterocycles. The van der Waals surface area contributed by atoms with Crippen LogP contribution in [-0.4, -0.2) is 4.98 Å². The van der Waals surface area contributed by atoms with Crippen LogP contribution in [0.1, 0.15) is 0 Å². The van der Waals surface area contributed by atoms with Gasteiger partial charge in [-0.3, -0.25) is 0 Å². The minimum absolute atomic E-state index is 0.782. The van der Waals surface area contributed by atoms with Crippen molar-refractivity contribution in [2.45, 2.75) is 0 Å². The second-order valence-electron chi connectivity index (χ2n) is 5.41. The van der Waals surface area contributed by atoms with Crippen molar-refractivity contribution in [3.8, 4) is 22.4 Å². The summed E-state index contributed by atoms with van der Waals surface area (Å²) < 4.78 is 0. The second-order valence-corrected chi connectivity index (χ2v) is 5.41. The fourth-order valence-electron chi connectivity index (χ4n) is 2.91. The molecular formula is C20H16N2. The molecule has 0 amide bonds. The second kappa shape index (κ2) is 5.08. The van der Waals surface area contributed by atoms with Crippen molar-refractivity contribution in [1.29, 1.82) is 0 Å². The minimum atomic E-state index is 0.782. The SMILES string of the molecule is Nc1ccc(-c2c(-c3ccccc3)[nH]c3ccccc23)cc1. The molecule has 2 nitrogen and oxygen atoms in total. The van der Waals surface area contributed by atoms with E-state index in [2.05, 4.69) is 65.6 Å². The van der Waals surface area contributed by atoms with Crippen LogP contribution in [0, 0.1) is 0 Å². The zero-order valence-electron chi connectivity index (χ0n) is 12.1. The smallest absolute Gasteiger partial charge is 0.0544 e. The summed E-state index contributed by atoms with van der Waals surface area (Å²) >= 11 is 0. The van der Waals surface area contributed by atoms with E-state index < -0.39 is 0 Å². The highest BCUT2D eigenvalue weighted by atomic mass is 14.7. The van der Waals surface area contributed by atoms with Gasteiger partial charge in [0.2, 0.25) is 0 Å². The highest BCUT2D eigenvalue weighted by Crippen LogP contribution is 2.38. The first-order valence-corrected chi connectivity index (χ1v) is 7.35. The van der Waals surface area contributed by atoms with Gasteiger partial charge in [0.25, 0.3) is 0 Å². The van der Waals surface area contributed by atoms with E-state index in [1.807, 2.05) is 18.2 Å². The summed E-state index contributed by atoms with van der Waals surface area (Å²) in [6.45, 7) is 0. The van der Waals surface area contributed by atoms with E-state index in [0.717, 1.165) is 16.9 Å². The number of hydrogen-bond acceptors (Lipinski definition) is 1. The molecule has 0 atom stereocenters. The Morgan fingerprint density at radius 3 is 2.09 bits per heavy atom. The lowest BCUT2D eigenvalue weighted by atomic mass is 9.98. The Kier molecular flexibility index (Phi) is 2.94. The van der Waals surface area contributed by atoms with Gasteiger partial charge in [0.15, 0.2) is 0 Å². The van der Waals surface area contributed by atoms with Crippen LogP contribution in [0.3, 0.4) is 0 Å². The number of hydrogen-bond donors (Lipinski definition) is 2. The molecule has 2 heteroatoms. The van der Waals surface area contributed by atoms with Crippen LogP contribution in [0.4, 0.5) is 5.69 Å². The monoisotopic (exact) mass is 284 g/mol. The number of rotatable bonds is 2. The Balaban J connectivity index is 2.04. The Bertz CT molecular complexity index is 919. The lowest BCUT2D eigenvalue weighted by molar-refractivity contribution is 1.45. The van der Waals surface area contributed by atoms with Gasteiger partial charge in [-0.15, -0.1) is 0 Å². The fraction of sp³-hybridized carbons (Fsp3) is 0. The molecule has 4 rings (SSSR count). The average molecular weight is 284 g/mol. The Hall–Kier alpha value is -3.00. The maximum atomic E-state index is 5.83. The molecule has 0 radical (unpaired) electrons. The molecule has 1 heterocycles. The predicted octanol–water partition coefficient (Wildman–Crippen LogP) is 5.08. The molecule has 0 saturated heterocycles. The van der Waals surface area contributed by atoms with E-state index in [1.54, 1.807) is 0 Å². The van der Waals surface area contributed by atoms with Gasteiger partial charge in [-0.1, -0.05) is 60.7 Å². The molecule has 0 saturated carbocycles. The molecule has 3 aromatic carbocycles. The van der Waals surface area contributed by atoms with Crippen LogP contribution in [-0.2, 0) is 0 Å². The first kappa shape index (κ1) is 12.7. The van der Waals surface area contributed by atoms with Crippen LogP contribution in [0.15, 0.2) is 78.9 Å². The van der Waals surface area contributed by atoms with Crippen molar-refractivity contribution < 1.29 is 0 Å². The van der Waals surface area contributed by atoms with Gasteiger partial charge >= 0.3 is 0 Å². The number of nitrogen functional groups attached to an aromatic ring is 1. The minimum Gasteiger partial charge on any atom is -0.399 e. The number of nitrogens with two attached hydrogens (primary N) is 1. The van der Waals surface area contributed by atoms with Gasteiger partial charge in [-0.05, 0) is 29.3 Å². The topological polar surface area (TPSA) is 41.8 Å². The van der Waals surface area contributed by atoms with Gasteiger partial charge in [-0.2, -0.15) is 0 Å². The molecule has 3 N–H and O–H groups in total. The third-order valence-electron chi connectivity index (χ3n) is 3.97. The normalized spacial score (nSPS) is 10.9. The first-order valence-electron chi connectivity index (χ1n) is 7.35. The van der Waals surface area contributed by atoms with Crippen molar-refractivity contribution in [2.24, 2.45) is 0 Å². The number of anilines is 1. The highest BCUT2D eigenvalue weighted by Gasteiger charge is 2.14. The van der Waals surface area contributed by atoms with Crippen LogP contribution in [0.25, 0.3) is 33.3 Å². The molecule has 4 aromatic rings. The number of para-hydroxylation sites is 1. The zero-order valence-corrected chi connectivity index (χ0v) is 12.1. The molecule has 0 aliphatic rings. The largest absolute Gasteiger partial charge is 0.399 e. The maximum Gasteiger partial charge on any atom is 0.0544 e. The molecular weight excluding hydrogens is 268 g/mol. The third-order valence-corrected chi connectivity index (χ3v) is 3.97. The molecule has 0 bridgehead atoms. The summed E-state index contributed by atoms with van der Waals surface area (Å²) in [5.74, 6) is 0. The van der Waals surface area contributed by atoms with Crippen molar-refractivity contribution in [1.82, 2.24) is 4.98 Å². The standard InChI is InChI=1S/C20H16N2/c21-16-12-10-14(11-13-16)19-17-8-4-5-9-18(17)22-20(19)15-6-2-1-3-7-15/h1-13,22H,21H2. The zero-order chi connectivity index (χ0) is 14.9. The molecule has 22 heavy (non-hydrogen) atoms. The summed E-state index contributed by atoms with van der Waals surface area (Å²) in [5.41, 5.74) is 12.5. The van der Waals surface area contributed by atoms with E-state index >= 15 is 0 Å². The van der Waals surface area contributed by atoms with Crippen LogP contribution < -0.4 is 5.73 Å². The third kappa shape index (κ3) is 2.06. The lowest BCUT2D eigenvalue weighted by Gasteiger charge is -2.06. The van der Waals surface area contributed by atoms with E-state index in [1.165, 1.54) is 22.1 Å². The molecule has 0 fully saturated rings. The van der Waals surface area contributed by atoms with Gasteiger partial charge in [0.1, 0.15) is 0 Å². The van der Waals surface area contributed by atoms with Crippen molar-refractivity contribution in [2.75, 3.05) is 5.73 Å². The Morgan fingerprint density at radius 2 is 1.32 bits per heavy atom. The van der Waals surface area contributed by atoms with Crippen LogP contribution >= 0.6 is 0 Å². The van der Waals surface area contributed by atoms with Crippen molar-refractivity contribution in [3.05, 3.63) is 78.9 Å². The highest BCUT2D eigenvalue weighted by molar-refractivity contribution is 6.03. The molecule has 106 valence electrons. The fourth-order valence-corrected chi connectivity index (χ4v) is 2.91. The first-order chi connectivity index (χ1) is 10.8. The summed E-state index contributed by atoms with van der Waals surface area (Å²) in [6, 6.07) is 26.9. The molecule has 0 unspecified atom stereocenters. The van der Waals surface area contributed by atoms with E-state index in [9.17, 15) is 0 Å². The van der Waals surface area contributed by atoms with Crippen molar-refractivity contribution in [3.63, 3.8) is 0 Å². The molecule has 0 spiro atoms. The average Bonchev–Trinajstić information content (AvgIpc) is 2.96. The van der Waals surface area contributed by atoms with Crippen molar-refractivity contribution >= 4 is 16.6 Å². The van der Waals surface area contributed by atoms with E-state index in [-0.39, 0.29) is 0 Å². The summed E-state index contributed by atoms with van der Waals surface area (Å²) in [5, 5.41) is 1.23. The maximum absolute atomic E-state index is 5.83. The number of fused-ring (bicyclic) bond motifs is 1. The Labute approximate surface area is 129 Å². The van der Waals surface area contributed by atoms with Gasteiger partial charge in [0.05, 0.1) is 5.69 Å². The number of nitrogens with one attached hydrogen (secondary N) is 1. The van der Waals surface area contributed by atoms with E-state index in [0.29, 0.717) is 0 Å². The molecule has 1 aromatic heterocycles. The lowest BCUT2D eigenvalue weighted by Crippen LogP contribution is -1.85. The van der Waals surface area contributed by atoms with Gasteiger partial charge < -0.3 is 10.7 Å². The number of benzene rings is 3. The van der Waals surface area contributed by atoms with E-state index in [4.69, 9.17) is 5.73 Å².